The Kier molecular flexibility index (Phi) is 3.68. The molecule has 4 aromatic rings. The molecule has 1 N–H and O–H groups in total. The Hall–Kier alpha value is -3.06. The standard InChI is InChI=1S/C23H22FN5O/c24-23-12-22(13-23,14-23)15-26-7-16-1-2-20-27-18(11-29(20)9-16)10-28-6-4-17-3-5-25-8-19(17)21(28)30/h1-6,8-9,11,26H,7,10,12-15H2. The molecule has 2 bridgehead atoms. The van der Waals surface area contributed by atoms with Crippen molar-refractivity contribution in [1.82, 2.24) is 24.3 Å². The molecule has 0 aliphatic heterocycles. The number of fused-ring (bicyclic) bond motifs is 2. The normalized spacial score (nSPS) is 24.7. The Morgan fingerprint density at radius 3 is 2.83 bits per heavy atom. The van der Waals surface area contributed by atoms with Crippen LogP contribution < -0.4 is 10.9 Å². The van der Waals surface area contributed by atoms with Crippen molar-refractivity contribution in [2.24, 2.45) is 5.41 Å². The van der Waals surface area contributed by atoms with Crippen molar-refractivity contribution in [3.63, 3.8) is 0 Å². The van der Waals surface area contributed by atoms with E-state index in [1.165, 1.54) is 0 Å². The second-order valence-corrected chi connectivity index (χ2v) is 9.03. The van der Waals surface area contributed by atoms with Crippen LogP contribution in [0.5, 0.6) is 0 Å². The maximum Gasteiger partial charge on any atom is 0.260 e. The van der Waals surface area contributed by atoms with Crippen LogP contribution in [0.25, 0.3) is 16.4 Å². The molecule has 0 amide bonds. The van der Waals surface area contributed by atoms with E-state index in [2.05, 4.69) is 27.5 Å². The largest absolute Gasteiger partial charge is 0.312 e. The molecule has 0 spiro atoms. The highest BCUT2D eigenvalue weighted by atomic mass is 19.1. The predicted molar refractivity (Wildman–Crippen MR) is 112 cm³/mol. The van der Waals surface area contributed by atoms with Gasteiger partial charge in [-0.3, -0.25) is 9.78 Å². The number of aromatic nitrogens is 4. The number of nitrogens with zero attached hydrogens (tertiary/aromatic N) is 4. The van der Waals surface area contributed by atoms with Crippen LogP contribution in [-0.2, 0) is 13.1 Å². The minimum Gasteiger partial charge on any atom is -0.312 e. The minimum absolute atomic E-state index is 0.0637. The van der Waals surface area contributed by atoms with Crippen LogP contribution in [0.1, 0.15) is 30.5 Å². The number of imidazole rings is 1. The summed E-state index contributed by atoms with van der Waals surface area (Å²) in [5.74, 6) is 0. The molecule has 0 saturated heterocycles. The van der Waals surface area contributed by atoms with Crippen molar-refractivity contribution in [3.05, 3.63) is 76.9 Å². The fourth-order valence-electron chi connectivity index (χ4n) is 5.21. The molecule has 7 heteroatoms. The summed E-state index contributed by atoms with van der Waals surface area (Å²) in [6.45, 7) is 2.04. The molecule has 7 rings (SSSR count). The van der Waals surface area contributed by atoms with Gasteiger partial charge in [0.05, 0.1) is 17.6 Å². The van der Waals surface area contributed by atoms with Crippen molar-refractivity contribution in [3.8, 4) is 0 Å². The van der Waals surface area contributed by atoms with Gasteiger partial charge in [-0.1, -0.05) is 6.07 Å². The van der Waals surface area contributed by atoms with E-state index in [4.69, 9.17) is 0 Å². The lowest BCUT2D eigenvalue weighted by Gasteiger charge is -2.66. The van der Waals surface area contributed by atoms with E-state index in [0.29, 0.717) is 11.9 Å². The lowest BCUT2D eigenvalue weighted by molar-refractivity contribution is -0.209. The molecular formula is C23H22FN5O. The van der Waals surface area contributed by atoms with Gasteiger partial charge in [-0.05, 0) is 53.8 Å². The number of pyridine rings is 3. The summed E-state index contributed by atoms with van der Waals surface area (Å²) < 4.78 is 17.3. The molecule has 3 aliphatic carbocycles. The van der Waals surface area contributed by atoms with E-state index in [-0.39, 0.29) is 11.0 Å². The zero-order chi connectivity index (χ0) is 20.3. The zero-order valence-electron chi connectivity index (χ0n) is 16.5. The quantitative estimate of drug-likeness (QED) is 0.537. The second-order valence-electron chi connectivity index (χ2n) is 9.03. The molecule has 0 unspecified atom stereocenters. The third kappa shape index (κ3) is 2.84. The molecule has 6 nitrogen and oxygen atoms in total. The molecular weight excluding hydrogens is 381 g/mol. The molecule has 30 heavy (non-hydrogen) atoms. The molecule has 3 fully saturated rings. The Bertz CT molecular complexity index is 1320. The lowest BCUT2D eigenvalue weighted by atomic mass is 9.42. The number of alkyl halides is 1. The van der Waals surface area contributed by atoms with Gasteiger partial charge in [-0.2, -0.15) is 0 Å². The number of hydrogen-bond donors (Lipinski definition) is 1. The predicted octanol–water partition coefficient (Wildman–Crippen LogP) is 3.07. The van der Waals surface area contributed by atoms with Gasteiger partial charge in [0.1, 0.15) is 11.3 Å². The monoisotopic (exact) mass is 403 g/mol. The smallest absolute Gasteiger partial charge is 0.260 e. The van der Waals surface area contributed by atoms with Crippen LogP contribution in [-0.4, -0.2) is 31.1 Å². The SMILES string of the molecule is O=c1c2cnccc2ccn1Cc1cn2cc(CNCC34CC(F)(C3)C4)ccc2n1. The van der Waals surface area contributed by atoms with E-state index in [1.54, 1.807) is 23.2 Å². The lowest BCUT2D eigenvalue weighted by Crippen LogP contribution is -2.67. The van der Waals surface area contributed by atoms with Gasteiger partial charge in [0.25, 0.3) is 5.56 Å². The first kappa shape index (κ1) is 17.8. The van der Waals surface area contributed by atoms with E-state index in [0.717, 1.165) is 54.6 Å². The Morgan fingerprint density at radius 1 is 1.13 bits per heavy atom. The molecule has 0 radical (unpaired) electrons. The van der Waals surface area contributed by atoms with Crippen molar-refractivity contribution >= 4 is 16.4 Å². The fraction of sp³-hybridized carbons (Fsp3) is 0.348. The maximum absolute atomic E-state index is 13.6. The number of hydrogen-bond acceptors (Lipinski definition) is 4. The Morgan fingerprint density at radius 2 is 2.00 bits per heavy atom. The van der Waals surface area contributed by atoms with Gasteiger partial charge in [-0.15, -0.1) is 0 Å². The highest BCUT2D eigenvalue weighted by Crippen LogP contribution is 2.69. The molecule has 3 aliphatic rings. The van der Waals surface area contributed by atoms with Crippen LogP contribution in [0.15, 0.2) is 60.0 Å². The summed E-state index contributed by atoms with van der Waals surface area (Å²) >= 11 is 0. The van der Waals surface area contributed by atoms with Crippen molar-refractivity contribution in [2.75, 3.05) is 6.54 Å². The van der Waals surface area contributed by atoms with E-state index in [1.807, 2.05) is 28.8 Å². The van der Waals surface area contributed by atoms with Crippen LogP contribution in [0, 0.1) is 5.41 Å². The third-order valence-corrected chi connectivity index (χ3v) is 6.58. The number of nitrogens with one attached hydrogen (secondary N) is 1. The molecule has 4 aromatic heterocycles. The van der Waals surface area contributed by atoms with Gasteiger partial charge >= 0.3 is 0 Å². The van der Waals surface area contributed by atoms with Gasteiger partial charge in [0, 0.05) is 44.1 Å². The van der Waals surface area contributed by atoms with Gasteiger partial charge in [0.2, 0.25) is 0 Å². The minimum atomic E-state index is -0.836. The summed E-state index contributed by atoms with van der Waals surface area (Å²) in [4.78, 5) is 21.4. The molecule has 3 saturated carbocycles. The first-order chi connectivity index (χ1) is 14.5. The topological polar surface area (TPSA) is 64.2 Å². The van der Waals surface area contributed by atoms with Crippen LogP contribution >= 0.6 is 0 Å². The first-order valence-corrected chi connectivity index (χ1v) is 10.3. The van der Waals surface area contributed by atoms with E-state index in [9.17, 15) is 9.18 Å². The van der Waals surface area contributed by atoms with Crippen molar-refractivity contribution in [2.45, 2.75) is 38.0 Å². The molecule has 4 heterocycles. The molecule has 0 aromatic carbocycles. The summed E-state index contributed by atoms with van der Waals surface area (Å²) in [5, 5.41) is 4.98. The summed E-state index contributed by atoms with van der Waals surface area (Å²) in [6, 6.07) is 7.82. The average Bonchev–Trinajstić information content (AvgIpc) is 3.10. The number of rotatable bonds is 6. The number of halogens is 1. The first-order valence-electron chi connectivity index (χ1n) is 10.3. The molecule has 152 valence electrons. The van der Waals surface area contributed by atoms with E-state index < -0.39 is 5.67 Å². The average molecular weight is 403 g/mol. The van der Waals surface area contributed by atoms with Crippen molar-refractivity contribution in [1.29, 1.82) is 0 Å². The van der Waals surface area contributed by atoms with Gasteiger partial charge in [-0.25, -0.2) is 9.37 Å². The summed E-state index contributed by atoms with van der Waals surface area (Å²) in [6.07, 6.45) is 11.3. The van der Waals surface area contributed by atoms with Gasteiger partial charge in [0.15, 0.2) is 0 Å². The van der Waals surface area contributed by atoms with Crippen molar-refractivity contribution < 1.29 is 4.39 Å². The van der Waals surface area contributed by atoms with E-state index >= 15 is 0 Å². The summed E-state index contributed by atoms with van der Waals surface area (Å²) in [5.41, 5.74) is 2.14. The third-order valence-electron chi connectivity index (χ3n) is 6.58. The Balaban J connectivity index is 1.18. The second kappa shape index (κ2) is 6.22. The highest BCUT2D eigenvalue weighted by Gasteiger charge is 2.68. The van der Waals surface area contributed by atoms with Crippen LogP contribution in [0.2, 0.25) is 0 Å². The van der Waals surface area contributed by atoms with Crippen LogP contribution in [0.4, 0.5) is 4.39 Å². The maximum atomic E-state index is 13.6. The van der Waals surface area contributed by atoms with Gasteiger partial charge < -0.3 is 14.3 Å². The fourth-order valence-corrected chi connectivity index (χ4v) is 5.21. The molecule has 0 atom stereocenters. The van der Waals surface area contributed by atoms with Crippen LogP contribution in [0.3, 0.4) is 0 Å². The zero-order valence-corrected chi connectivity index (χ0v) is 16.5. The summed E-state index contributed by atoms with van der Waals surface area (Å²) in [7, 11) is 0. The Labute approximate surface area is 172 Å². The highest BCUT2D eigenvalue weighted by molar-refractivity contribution is 5.80.